The first-order chi connectivity index (χ1) is 13.6. The summed E-state index contributed by atoms with van der Waals surface area (Å²) in [5.41, 5.74) is 3.35. The maximum atomic E-state index is 13.9. The number of oxazole rings is 1. The molecule has 0 amide bonds. The summed E-state index contributed by atoms with van der Waals surface area (Å²) in [5.74, 6) is 1.03. The first-order valence-electron chi connectivity index (χ1n) is 9.81. The van der Waals surface area contributed by atoms with Crippen LogP contribution in [0.2, 0.25) is 0 Å². The molecular formula is C22H28N3O2P. The number of nitrogens with one attached hydrogen (secondary N) is 2. The summed E-state index contributed by atoms with van der Waals surface area (Å²) < 4.78 is 20.1. The minimum absolute atomic E-state index is 0.455. The van der Waals surface area contributed by atoms with E-state index < -0.39 is 7.44 Å². The fourth-order valence-corrected chi connectivity index (χ4v) is 5.05. The Morgan fingerprint density at radius 3 is 2.07 bits per heavy atom. The van der Waals surface area contributed by atoms with Crippen molar-refractivity contribution in [1.29, 1.82) is 0 Å². The zero-order valence-electron chi connectivity index (χ0n) is 16.7. The Bertz CT molecular complexity index is 924. The van der Waals surface area contributed by atoms with E-state index in [0.717, 1.165) is 24.0 Å². The molecule has 1 aromatic heterocycles. The molecule has 0 saturated carbocycles. The molecule has 6 heteroatoms. The van der Waals surface area contributed by atoms with Crippen molar-refractivity contribution in [3.63, 3.8) is 0 Å². The molecule has 3 rings (SSSR count). The van der Waals surface area contributed by atoms with Crippen molar-refractivity contribution in [2.75, 3.05) is 13.1 Å². The highest BCUT2D eigenvalue weighted by molar-refractivity contribution is 7.67. The number of hydrogen-bond donors (Lipinski definition) is 2. The van der Waals surface area contributed by atoms with Crippen LogP contribution in [0.5, 0.6) is 0 Å². The fourth-order valence-electron chi connectivity index (χ4n) is 2.87. The van der Waals surface area contributed by atoms with E-state index in [1.165, 1.54) is 5.56 Å². The molecule has 2 aromatic carbocycles. The summed E-state index contributed by atoms with van der Waals surface area (Å²) in [7, 11) is -3.12. The molecule has 3 aromatic rings. The van der Waals surface area contributed by atoms with Crippen molar-refractivity contribution in [2.45, 2.75) is 33.6 Å². The van der Waals surface area contributed by atoms with Crippen molar-refractivity contribution >= 4 is 12.9 Å². The van der Waals surface area contributed by atoms with Crippen LogP contribution in [0.3, 0.4) is 0 Å². The lowest BCUT2D eigenvalue weighted by molar-refractivity contribution is 0.558. The molecule has 148 valence electrons. The molecule has 0 saturated heterocycles. The first-order valence-corrected chi connectivity index (χ1v) is 11.5. The molecule has 0 bridgehead atoms. The summed E-state index contributed by atoms with van der Waals surface area (Å²) in [6.45, 7) is 7.41. The first kappa shape index (κ1) is 20.5. The Kier molecular flexibility index (Phi) is 6.84. The van der Waals surface area contributed by atoms with Gasteiger partial charge in [0.2, 0.25) is 5.89 Å². The molecule has 2 N–H and O–H groups in total. The number of aromatic nitrogens is 1. The highest BCUT2D eigenvalue weighted by Gasteiger charge is 2.32. The summed E-state index contributed by atoms with van der Waals surface area (Å²) in [6.07, 6.45) is 1.75. The molecule has 0 aliphatic heterocycles. The smallest absolute Gasteiger partial charge is 0.262 e. The van der Waals surface area contributed by atoms with E-state index in [0.29, 0.717) is 30.2 Å². The van der Waals surface area contributed by atoms with E-state index >= 15 is 0 Å². The normalized spacial score (nSPS) is 11.7. The van der Waals surface area contributed by atoms with Gasteiger partial charge in [0.05, 0.1) is 0 Å². The molecule has 5 nitrogen and oxygen atoms in total. The molecule has 0 atom stereocenters. The monoisotopic (exact) mass is 397 g/mol. The van der Waals surface area contributed by atoms with Gasteiger partial charge in [-0.3, -0.25) is 14.7 Å². The van der Waals surface area contributed by atoms with Crippen molar-refractivity contribution in [2.24, 2.45) is 0 Å². The molecule has 1 heterocycles. The van der Waals surface area contributed by atoms with Gasteiger partial charge in [0, 0.05) is 24.2 Å². The van der Waals surface area contributed by atoms with Gasteiger partial charge in [-0.25, -0.2) is 4.98 Å². The lowest BCUT2D eigenvalue weighted by atomic mass is 10.1. The number of nitrogens with zero attached hydrogens (tertiary/aromatic N) is 1. The van der Waals surface area contributed by atoms with E-state index in [1.807, 2.05) is 61.5 Å². The summed E-state index contributed by atoms with van der Waals surface area (Å²) in [6, 6.07) is 17.7. The third-order valence-electron chi connectivity index (χ3n) is 4.41. The van der Waals surface area contributed by atoms with Gasteiger partial charge in [-0.1, -0.05) is 61.9 Å². The maximum Gasteiger partial charge on any atom is 0.262 e. The van der Waals surface area contributed by atoms with Gasteiger partial charge in [0.1, 0.15) is 0 Å². The zero-order valence-corrected chi connectivity index (χ0v) is 17.6. The van der Waals surface area contributed by atoms with Gasteiger partial charge in [-0.15, -0.1) is 0 Å². The Hall–Kier alpha value is -2.20. The van der Waals surface area contributed by atoms with Crippen molar-refractivity contribution in [1.82, 2.24) is 15.2 Å². The minimum atomic E-state index is -3.12. The van der Waals surface area contributed by atoms with Crippen molar-refractivity contribution in [3.8, 4) is 22.8 Å². The molecule has 0 fully saturated rings. The minimum Gasteiger partial charge on any atom is -0.435 e. The second kappa shape index (κ2) is 9.33. The van der Waals surface area contributed by atoms with E-state index in [2.05, 4.69) is 24.0 Å². The van der Waals surface area contributed by atoms with Crippen LogP contribution in [-0.2, 0) is 4.57 Å². The SMILES string of the molecule is CCCNP(=O)(NCCC)c1nc(-c2ccc(C)cc2)oc1-c1ccccc1. The van der Waals surface area contributed by atoms with Gasteiger partial charge >= 0.3 is 0 Å². The maximum absolute atomic E-state index is 13.9. The largest absolute Gasteiger partial charge is 0.435 e. The molecule has 0 spiro atoms. The molecule has 0 aliphatic rings. The highest BCUT2D eigenvalue weighted by atomic mass is 31.2. The van der Waals surface area contributed by atoms with Crippen LogP contribution in [0.1, 0.15) is 32.3 Å². The van der Waals surface area contributed by atoms with Crippen LogP contribution in [0.25, 0.3) is 22.8 Å². The second-order valence-electron chi connectivity index (χ2n) is 6.83. The average Bonchev–Trinajstić information content (AvgIpc) is 3.18. The fraction of sp³-hybridized carbons (Fsp3) is 0.318. The summed E-state index contributed by atoms with van der Waals surface area (Å²) in [5, 5.41) is 6.41. The van der Waals surface area contributed by atoms with Crippen LogP contribution in [0.4, 0.5) is 0 Å². The van der Waals surface area contributed by atoms with E-state index in [-0.39, 0.29) is 0 Å². The Labute approximate surface area is 167 Å². The van der Waals surface area contributed by atoms with E-state index in [1.54, 1.807) is 0 Å². The number of hydrogen-bond acceptors (Lipinski definition) is 3. The standard InChI is InChI=1S/C22H28N3O2P/c1-4-15-23-28(26,24-16-5-2)22-20(18-9-7-6-8-10-18)27-21(25-22)19-13-11-17(3)12-14-19/h6-14H,4-5,15-16H2,1-3H3,(H2,23,24,26). The molecule has 0 radical (unpaired) electrons. The quantitative estimate of drug-likeness (QED) is 0.490. The zero-order chi connectivity index (χ0) is 20.0. The molecule has 0 unspecified atom stereocenters. The lowest BCUT2D eigenvalue weighted by Crippen LogP contribution is -2.32. The van der Waals surface area contributed by atoms with Gasteiger partial charge in [-0.05, 0) is 31.9 Å². The van der Waals surface area contributed by atoms with E-state index in [9.17, 15) is 4.57 Å². The third kappa shape index (κ3) is 4.61. The molecule has 0 aliphatic carbocycles. The number of aryl methyl sites for hydroxylation is 1. The van der Waals surface area contributed by atoms with Crippen molar-refractivity contribution in [3.05, 3.63) is 60.2 Å². The van der Waals surface area contributed by atoms with Crippen LogP contribution >= 0.6 is 7.44 Å². The second-order valence-corrected chi connectivity index (χ2v) is 9.10. The number of rotatable bonds is 9. The topological polar surface area (TPSA) is 67.2 Å². The Balaban J connectivity index is 2.13. The Morgan fingerprint density at radius 1 is 0.893 bits per heavy atom. The molecular weight excluding hydrogens is 369 g/mol. The lowest BCUT2D eigenvalue weighted by Gasteiger charge is -2.19. The van der Waals surface area contributed by atoms with Gasteiger partial charge < -0.3 is 4.42 Å². The third-order valence-corrected chi connectivity index (χ3v) is 6.65. The van der Waals surface area contributed by atoms with Crippen LogP contribution in [-0.4, -0.2) is 18.1 Å². The van der Waals surface area contributed by atoms with Crippen LogP contribution in [0.15, 0.2) is 59.0 Å². The van der Waals surface area contributed by atoms with Gasteiger partial charge in [0.15, 0.2) is 11.2 Å². The predicted octanol–water partition coefficient (Wildman–Crippen LogP) is 5.13. The highest BCUT2D eigenvalue weighted by Crippen LogP contribution is 2.40. The molecule has 28 heavy (non-hydrogen) atoms. The van der Waals surface area contributed by atoms with Gasteiger partial charge in [-0.2, -0.15) is 0 Å². The van der Waals surface area contributed by atoms with Crippen LogP contribution < -0.4 is 15.6 Å². The summed E-state index contributed by atoms with van der Waals surface area (Å²) in [4.78, 5) is 4.71. The Morgan fingerprint density at radius 2 is 1.50 bits per heavy atom. The summed E-state index contributed by atoms with van der Waals surface area (Å²) >= 11 is 0. The van der Waals surface area contributed by atoms with Crippen LogP contribution in [0, 0.1) is 6.92 Å². The predicted molar refractivity (Wildman–Crippen MR) is 116 cm³/mol. The average molecular weight is 397 g/mol. The van der Waals surface area contributed by atoms with E-state index in [4.69, 9.17) is 9.40 Å². The number of benzene rings is 2. The van der Waals surface area contributed by atoms with Crippen molar-refractivity contribution < 1.29 is 8.98 Å². The van der Waals surface area contributed by atoms with Gasteiger partial charge in [0.25, 0.3) is 7.44 Å².